The van der Waals surface area contributed by atoms with Crippen molar-refractivity contribution in [3.8, 4) is 0 Å². The number of aryl methyl sites for hydroxylation is 1. The van der Waals surface area contributed by atoms with Crippen LogP contribution in [0.4, 0.5) is 11.4 Å². The number of carbonyl (C=O) groups is 1. The number of carbonyl (C=O) groups excluding carboxylic acids is 1. The van der Waals surface area contributed by atoms with Crippen molar-refractivity contribution in [2.24, 2.45) is 0 Å². The first-order valence-corrected chi connectivity index (χ1v) is 9.35. The summed E-state index contributed by atoms with van der Waals surface area (Å²) in [4.78, 5) is 26.8. The minimum absolute atomic E-state index is 0.127. The molecule has 138 valence electrons. The number of amides is 1. The highest BCUT2D eigenvalue weighted by atomic mass is 35.5. The van der Waals surface area contributed by atoms with Crippen LogP contribution in [0.2, 0.25) is 5.02 Å². The summed E-state index contributed by atoms with van der Waals surface area (Å²) in [5, 5.41) is 7.07. The predicted octanol–water partition coefficient (Wildman–Crippen LogP) is 3.09. The van der Waals surface area contributed by atoms with E-state index >= 15 is 0 Å². The maximum Gasteiger partial charge on any atom is 0.288 e. The molecule has 1 aliphatic rings. The Balaban J connectivity index is 1.72. The molecule has 1 amide bonds. The maximum atomic E-state index is 12.5. The van der Waals surface area contributed by atoms with Gasteiger partial charge in [-0.1, -0.05) is 30.7 Å². The van der Waals surface area contributed by atoms with E-state index in [0.717, 1.165) is 42.6 Å². The summed E-state index contributed by atoms with van der Waals surface area (Å²) in [7, 11) is 0. The normalized spacial score (nSPS) is 14.3. The van der Waals surface area contributed by atoms with E-state index in [1.165, 1.54) is 6.42 Å². The first kappa shape index (κ1) is 18.5. The number of nitrogens with zero attached hydrogens (tertiary/aromatic N) is 3. The molecule has 0 saturated carbocycles. The van der Waals surface area contributed by atoms with Crippen LogP contribution in [0.3, 0.4) is 0 Å². The first-order valence-electron chi connectivity index (χ1n) is 8.98. The van der Waals surface area contributed by atoms with Gasteiger partial charge >= 0.3 is 0 Å². The zero-order valence-electron chi connectivity index (χ0n) is 14.9. The molecule has 0 aliphatic carbocycles. The summed E-state index contributed by atoms with van der Waals surface area (Å²) in [5.74, 6) is -0.311. The average Bonchev–Trinajstić information content (AvgIpc) is 2.66. The van der Waals surface area contributed by atoms with Crippen LogP contribution in [0, 0.1) is 0 Å². The van der Waals surface area contributed by atoms with Crippen molar-refractivity contribution in [2.45, 2.75) is 39.2 Å². The second-order valence-electron chi connectivity index (χ2n) is 6.46. The molecule has 1 aliphatic heterocycles. The monoisotopic (exact) mass is 374 g/mol. The number of aromatic nitrogens is 2. The average molecular weight is 375 g/mol. The standard InChI is InChI=1S/C19H23ClN4O2/c1-2-14-7-6-8-15(11-14)22-17(25)13-24-19(26)18(20)16(12-21-24)23-9-4-3-5-10-23/h6-8,11-12H,2-5,9-10,13H2,1H3,(H,22,25). The van der Waals surface area contributed by atoms with Crippen molar-refractivity contribution in [1.82, 2.24) is 9.78 Å². The minimum atomic E-state index is -0.438. The lowest BCUT2D eigenvalue weighted by molar-refractivity contribution is -0.117. The van der Waals surface area contributed by atoms with Crippen LogP contribution in [0.15, 0.2) is 35.3 Å². The quantitative estimate of drug-likeness (QED) is 0.873. The summed E-state index contributed by atoms with van der Waals surface area (Å²) in [6.07, 6.45) is 5.83. The Morgan fingerprint density at radius 2 is 2.04 bits per heavy atom. The lowest BCUT2D eigenvalue weighted by Gasteiger charge is -2.29. The van der Waals surface area contributed by atoms with E-state index in [0.29, 0.717) is 11.4 Å². The fraction of sp³-hybridized carbons (Fsp3) is 0.421. The Labute approximate surface area is 157 Å². The molecular formula is C19H23ClN4O2. The number of nitrogens with one attached hydrogen (secondary N) is 1. The fourth-order valence-corrected chi connectivity index (χ4v) is 3.40. The van der Waals surface area contributed by atoms with Gasteiger partial charge < -0.3 is 10.2 Å². The van der Waals surface area contributed by atoms with Crippen LogP contribution in [-0.2, 0) is 17.8 Å². The molecule has 3 rings (SSSR count). The van der Waals surface area contributed by atoms with E-state index < -0.39 is 5.56 Å². The van der Waals surface area contributed by atoms with Gasteiger partial charge in [-0.2, -0.15) is 5.10 Å². The molecule has 26 heavy (non-hydrogen) atoms. The SMILES string of the molecule is CCc1cccc(NC(=O)Cn2ncc(N3CCCCC3)c(Cl)c2=O)c1. The molecule has 6 nitrogen and oxygen atoms in total. The van der Waals surface area contributed by atoms with Crippen LogP contribution >= 0.6 is 11.6 Å². The van der Waals surface area contributed by atoms with Gasteiger partial charge in [0.15, 0.2) is 0 Å². The fourth-order valence-electron chi connectivity index (χ4n) is 3.13. The summed E-state index contributed by atoms with van der Waals surface area (Å²) in [6, 6.07) is 7.63. The molecule has 1 aromatic carbocycles. The Morgan fingerprint density at radius 3 is 2.77 bits per heavy atom. The van der Waals surface area contributed by atoms with Crippen LogP contribution in [-0.4, -0.2) is 28.8 Å². The van der Waals surface area contributed by atoms with Gasteiger partial charge in [-0.3, -0.25) is 9.59 Å². The Morgan fingerprint density at radius 1 is 1.27 bits per heavy atom. The number of halogens is 1. The third kappa shape index (κ3) is 4.25. The second kappa shape index (κ2) is 8.36. The van der Waals surface area contributed by atoms with E-state index in [9.17, 15) is 9.59 Å². The van der Waals surface area contributed by atoms with Crippen molar-refractivity contribution in [3.05, 3.63) is 51.4 Å². The lowest BCUT2D eigenvalue weighted by atomic mass is 10.1. The Bertz CT molecular complexity index is 844. The molecule has 0 atom stereocenters. The molecule has 1 aromatic heterocycles. The predicted molar refractivity (Wildman–Crippen MR) is 104 cm³/mol. The molecule has 1 saturated heterocycles. The van der Waals surface area contributed by atoms with Crippen molar-refractivity contribution in [2.75, 3.05) is 23.3 Å². The molecule has 0 unspecified atom stereocenters. The van der Waals surface area contributed by atoms with Gasteiger partial charge in [0.25, 0.3) is 5.56 Å². The summed E-state index contributed by atoms with van der Waals surface area (Å²) < 4.78 is 1.11. The molecular weight excluding hydrogens is 352 g/mol. The van der Waals surface area contributed by atoms with E-state index in [1.807, 2.05) is 24.3 Å². The highest BCUT2D eigenvalue weighted by Crippen LogP contribution is 2.24. The van der Waals surface area contributed by atoms with Crippen molar-refractivity contribution >= 4 is 28.9 Å². The van der Waals surface area contributed by atoms with Crippen LogP contribution in [0.1, 0.15) is 31.7 Å². The van der Waals surface area contributed by atoms with Gasteiger partial charge in [0.2, 0.25) is 5.91 Å². The molecule has 2 heterocycles. The zero-order valence-corrected chi connectivity index (χ0v) is 15.6. The number of rotatable bonds is 5. The van der Waals surface area contributed by atoms with Crippen molar-refractivity contribution in [3.63, 3.8) is 0 Å². The minimum Gasteiger partial charge on any atom is -0.369 e. The number of hydrogen-bond donors (Lipinski definition) is 1. The van der Waals surface area contributed by atoms with E-state index in [2.05, 4.69) is 22.2 Å². The summed E-state index contributed by atoms with van der Waals surface area (Å²) in [6.45, 7) is 3.63. The summed E-state index contributed by atoms with van der Waals surface area (Å²) >= 11 is 6.27. The van der Waals surface area contributed by atoms with Crippen LogP contribution in [0.25, 0.3) is 0 Å². The number of piperidine rings is 1. The third-order valence-electron chi connectivity index (χ3n) is 4.58. The van der Waals surface area contributed by atoms with Crippen molar-refractivity contribution in [1.29, 1.82) is 0 Å². The summed E-state index contributed by atoms with van der Waals surface area (Å²) in [5.41, 5.74) is 2.06. The van der Waals surface area contributed by atoms with E-state index in [4.69, 9.17) is 11.6 Å². The lowest BCUT2D eigenvalue weighted by Crippen LogP contribution is -2.34. The number of benzene rings is 1. The van der Waals surface area contributed by atoms with Gasteiger partial charge in [-0.15, -0.1) is 0 Å². The van der Waals surface area contributed by atoms with Gasteiger partial charge in [-0.25, -0.2) is 4.68 Å². The van der Waals surface area contributed by atoms with E-state index in [-0.39, 0.29) is 17.5 Å². The first-order chi connectivity index (χ1) is 12.6. The van der Waals surface area contributed by atoms with Crippen LogP contribution < -0.4 is 15.8 Å². The van der Waals surface area contributed by atoms with E-state index in [1.54, 1.807) is 6.20 Å². The molecule has 1 N–H and O–H groups in total. The van der Waals surface area contributed by atoms with Gasteiger partial charge in [-0.05, 0) is 43.4 Å². The molecule has 0 radical (unpaired) electrons. The number of anilines is 2. The Kier molecular flexibility index (Phi) is 5.93. The van der Waals surface area contributed by atoms with Crippen LogP contribution in [0.5, 0.6) is 0 Å². The maximum absolute atomic E-state index is 12.5. The van der Waals surface area contributed by atoms with Gasteiger partial charge in [0, 0.05) is 18.8 Å². The van der Waals surface area contributed by atoms with Crippen molar-refractivity contribution < 1.29 is 4.79 Å². The molecule has 0 bridgehead atoms. The van der Waals surface area contributed by atoms with Gasteiger partial charge in [0.05, 0.1) is 11.9 Å². The number of hydrogen-bond acceptors (Lipinski definition) is 4. The molecule has 1 fully saturated rings. The molecule has 7 heteroatoms. The largest absolute Gasteiger partial charge is 0.369 e. The smallest absolute Gasteiger partial charge is 0.288 e. The topological polar surface area (TPSA) is 67.2 Å². The highest BCUT2D eigenvalue weighted by molar-refractivity contribution is 6.33. The molecule has 0 spiro atoms. The zero-order chi connectivity index (χ0) is 18.5. The molecule has 2 aromatic rings. The third-order valence-corrected chi connectivity index (χ3v) is 4.93. The second-order valence-corrected chi connectivity index (χ2v) is 6.83. The highest BCUT2D eigenvalue weighted by Gasteiger charge is 2.18. The van der Waals surface area contributed by atoms with Gasteiger partial charge in [0.1, 0.15) is 11.6 Å². The Hall–Kier alpha value is -2.34.